The van der Waals surface area contributed by atoms with Gasteiger partial charge in [-0.05, 0) is 55.0 Å². The Balaban J connectivity index is 1.61. The molecule has 220 valence electrons. The van der Waals surface area contributed by atoms with Gasteiger partial charge < -0.3 is 24.3 Å². The summed E-state index contributed by atoms with van der Waals surface area (Å²) in [6, 6.07) is 23.9. The maximum Gasteiger partial charge on any atom is 0.338 e. The molecule has 0 unspecified atom stereocenters. The molecule has 0 saturated heterocycles. The summed E-state index contributed by atoms with van der Waals surface area (Å²) >= 11 is 1.32. The molecule has 1 N–H and O–H groups in total. The number of hydrogen-bond acceptors (Lipinski definition) is 9. The number of rotatable bonds is 12. The number of thioether (sulfide) groups is 1. The molecule has 0 aliphatic carbocycles. The lowest BCUT2D eigenvalue weighted by Crippen LogP contribution is -2.12. The van der Waals surface area contributed by atoms with Crippen molar-refractivity contribution in [1.29, 1.82) is 5.26 Å². The molecule has 0 aliphatic heterocycles. The molecule has 10 heteroatoms. The van der Waals surface area contributed by atoms with Crippen LogP contribution in [0.15, 0.2) is 77.8 Å². The fraction of sp³-hybridized carbons (Fsp3) is 0.212. The molecule has 0 aliphatic rings. The number of nitrogens with one attached hydrogen (secondary N) is 1. The van der Waals surface area contributed by atoms with Crippen LogP contribution in [0.1, 0.15) is 29.3 Å². The van der Waals surface area contributed by atoms with E-state index in [1.165, 1.54) is 33.1 Å². The van der Waals surface area contributed by atoms with Crippen LogP contribution in [-0.2, 0) is 9.53 Å². The standard InChI is InChI=1S/C33H31N3O6S/c1-5-42-33(38)22-11-13-24(14-12-22)35-30(37)15-16-43-32-26(20-34)25(19-27(36-32)21-9-7-6-8-10-21)23-17-28(39-2)31(41-4)29(18-23)40-3/h6-14,17-19H,5,15-16H2,1-4H3,(H,35,37). The zero-order valence-electron chi connectivity index (χ0n) is 24.3. The van der Waals surface area contributed by atoms with Gasteiger partial charge in [0, 0.05) is 29.0 Å². The first-order valence-electron chi connectivity index (χ1n) is 13.4. The topological polar surface area (TPSA) is 120 Å². The van der Waals surface area contributed by atoms with Crippen LogP contribution >= 0.6 is 11.8 Å². The first kappa shape index (κ1) is 30.9. The highest BCUT2D eigenvalue weighted by molar-refractivity contribution is 7.99. The van der Waals surface area contributed by atoms with Gasteiger partial charge in [0.25, 0.3) is 0 Å². The molecule has 9 nitrogen and oxygen atoms in total. The molecule has 43 heavy (non-hydrogen) atoms. The Kier molecular flexibility index (Phi) is 10.6. The van der Waals surface area contributed by atoms with Crippen LogP contribution in [0.2, 0.25) is 0 Å². The SMILES string of the molecule is CCOC(=O)c1ccc(NC(=O)CCSc2nc(-c3ccccc3)cc(-c3cc(OC)c(OC)c(OC)c3)c2C#N)cc1. The number of amides is 1. The second-order valence-corrected chi connectivity index (χ2v) is 10.2. The minimum absolute atomic E-state index is 0.173. The van der Waals surface area contributed by atoms with Crippen molar-refractivity contribution in [2.45, 2.75) is 18.4 Å². The summed E-state index contributed by atoms with van der Waals surface area (Å²) in [6.45, 7) is 2.03. The van der Waals surface area contributed by atoms with Crippen molar-refractivity contribution >= 4 is 29.3 Å². The van der Waals surface area contributed by atoms with Crippen molar-refractivity contribution < 1.29 is 28.5 Å². The summed E-state index contributed by atoms with van der Waals surface area (Å²) in [5.74, 6) is 1.11. The lowest BCUT2D eigenvalue weighted by Gasteiger charge is -2.16. The van der Waals surface area contributed by atoms with Gasteiger partial charge in [-0.2, -0.15) is 5.26 Å². The number of pyridine rings is 1. The second-order valence-electron chi connectivity index (χ2n) is 9.07. The van der Waals surface area contributed by atoms with Gasteiger partial charge in [-0.3, -0.25) is 4.79 Å². The van der Waals surface area contributed by atoms with E-state index in [0.717, 1.165) is 5.56 Å². The molecule has 1 heterocycles. The van der Waals surface area contributed by atoms with Gasteiger partial charge in [-0.1, -0.05) is 30.3 Å². The van der Waals surface area contributed by atoms with Crippen LogP contribution < -0.4 is 19.5 Å². The van der Waals surface area contributed by atoms with Crippen molar-refractivity contribution in [1.82, 2.24) is 4.98 Å². The third kappa shape index (κ3) is 7.45. The normalized spacial score (nSPS) is 10.4. The number of hydrogen-bond donors (Lipinski definition) is 1. The number of benzene rings is 3. The van der Waals surface area contributed by atoms with Crippen LogP contribution in [-0.4, -0.2) is 50.5 Å². The van der Waals surface area contributed by atoms with Crippen LogP contribution in [0.4, 0.5) is 5.69 Å². The van der Waals surface area contributed by atoms with Gasteiger partial charge in [0.1, 0.15) is 11.1 Å². The van der Waals surface area contributed by atoms with Crippen LogP contribution in [0.5, 0.6) is 17.2 Å². The molecule has 0 spiro atoms. The Bertz CT molecular complexity index is 1610. The number of ether oxygens (including phenoxy) is 4. The van der Waals surface area contributed by atoms with Crippen molar-refractivity contribution in [2.75, 3.05) is 39.0 Å². The summed E-state index contributed by atoms with van der Waals surface area (Å²) in [5.41, 5.74) is 4.24. The average Bonchev–Trinajstić information content (AvgIpc) is 3.04. The summed E-state index contributed by atoms with van der Waals surface area (Å²) in [7, 11) is 4.61. The zero-order valence-corrected chi connectivity index (χ0v) is 25.1. The Morgan fingerprint density at radius 3 is 2.16 bits per heavy atom. The third-order valence-electron chi connectivity index (χ3n) is 6.39. The van der Waals surface area contributed by atoms with E-state index in [1.807, 2.05) is 36.4 Å². The number of esters is 1. The van der Waals surface area contributed by atoms with Crippen molar-refractivity contribution in [3.8, 4) is 45.7 Å². The molecule has 3 aromatic carbocycles. The van der Waals surface area contributed by atoms with Crippen molar-refractivity contribution in [3.63, 3.8) is 0 Å². The Morgan fingerprint density at radius 2 is 1.58 bits per heavy atom. The second kappa shape index (κ2) is 14.8. The number of nitrogens with zero attached hydrogens (tertiary/aromatic N) is 2. The van der Waals surface area contributed by atoms with Crippen molar-refractivity contribution in [2.24, 2.45) is 0 Å². The lowest BCUT2D eigenvalue weighted by atomic mass is 9.98. The fourth-order valence-corrected chi connectivity index (χ4v) is 5.27. The molecule has 4 aromatic rings. The van der Waals surface area contributed by atoms with Gasteiger partial charge in [0.2, 0.25) is 11.7 Å². The Hall–Kier alpha value is -5.01. The molecular formula is C33H31N3O6S. The average molecular weight is 598 g/mol. The molecule has 1 aromatic heterocycles. The van der Waals surface area contributed by atoms with Crippen LogP contribution in [0.25, 0.3) is 22.4 Å². The Morgan fingerprint density at radius 1 is 0.907 bits per heavy atom. The monoisotopic (exact) mass is 597 g/mol. The molecule has 4 rings (SSSR count). The maximum atomic E-state index is 12.7. The number of aromatic nitrogens is 1. The van der Waals surface area contributed by atoms with E-state index in [1.54, 1.807) is 43.3 Å². The molecule has 0 bridgehead atoms. The number of carbonyl (C=O) groups is 2. The first-order chi connectivity index (χ1) is 20.9. The van der Waals surface area contributed by atoms with E-state index >= 15 is 0 Å². The van der Waals surface area contributed by atoms with Gasteiger partial charge in [0.05, 0.1) is 44.8 Å². The van der Waals surface area contributed by atoms with Gasteiger partial charge in [-0.25, -0.2) is 9.78 Å². The summed E-state index contributed by atoms with van der Waals surface area (Å²) < 4.78 is 21.6. The number of anilines is 1. The predicted octanol–water partition coefficient (Wildman–Crippen LogP) is 6.61. The zero-order chi connectivity index (χ0) is 30.8. The quantitative estimate of drug-likeness (QED) is 0.142. The molecule has 0 saturated carbocycles. The van der Waals surface area contributed by atoms with E-state index in [-0.39, 0.29) is 18.9 Å². The predicted molar refractivity (Wildman–Crippen MR) is 166 cm³/mol. The molecule has 0 atom stereocenters. The smallest absolute Gasteiger partial charge is 0.338 e. The molecular weight excluding hydrogens is 566 g/mol. The number of nitriles is 1. The fourth-order valence-electron chi connectivity index (χ4n) is 4.32. The van der Waals surface area contributed by atoms with Crippen molar-refractivity contribution in [3.05, 3.63) is 83.9 Å². The van der Waals surface area contributed by atoms with Gasteiger partial charge >= 0.3 is 5.97 Å². The molecule has 1 amide bonds. The third-order valence-corrected chi connectivity index (χ3v) is 7.37. The maximum absolute atomic E-state index is 12.7. The highest BCUT2D eigenvalue weighted by Gasteiger charge is 2.20. The van der Waals surface area contributed by atoms with E-state index in [4.69, 9.17) is 23.9 Å². The van der Waals surface area contributed by atoms with E-state index in [0.29, 0.717) is 61.7 Å². The number of carbonyl (C=O) groups excluding carboxylic acids is 2. The lowest BCUT2D eigenvalue weighted by molar-refractivity contribution is -0.115. The van der Waals surface area contributed by atoms with E-state index in [2.05, 4.69) is 11.4 Å². The summed E-state index contributed by atoms with van der Waals surface area (Å²) in [4.78, 5) is 29.4. The largest absolute Gasteiger partial charge is 0.493 e. The summed E-state index contributed by atoms with van der Waals surface area (Å²) in [6.07, 6.45) is 0.173. The molecule has 0 fully saturated rings. The van der Waals surface area contributed by atoms with Crippen LogP contribution in [0, 0.1) is 11.3 Å². The highest BCUT2D eigenvalue weighted by Crippen LogP contribution is 2.43. The van der Waals surface area contributed by atoms with E-state index < -0.39 is 5.97 Å². The van der Waals surface area contributed by atoms with Gasteiger partial charge in [0.15, 0.2) is 11.5 Å². The van der Waals surface area contributed by atoms with Gasteiger partial charge in [-0.15, -0.1) is 11.8 Å². The van der Waals surface area contributed by atoms with Crippen LogP contribution in [0.3, 0.4) is 0 Å². The first-order valence-corrected chi connectivity index (χ1v) is 14.4. The molecule has 0 radical (unpaired) electrons. The summed E-state index contributed by atoms with van der Waals surface area (Å²) in [5, 5.41) is 13.6. The minimum Gasteiger partial charge on any atom is -0.493 e. The minimum atomic E-state index is -0.416. The Labute approximate surface area is 254 Å². The van der Waals surface area contributed by atoms with E-state index in [9.17, 15) is 14.9 Å². The number of methoxy groups -OCH3 is 3. The highest BCUT2D eigenvalue weighted by atomic mass is 32.2.